The predicted octanol–water partition coefficient (Wildman–Crippen LogP) is 2.59. The molecular weight excluding hydrogens is 214 g/mol. The number of pyridine rings is 1. The van der Waals surface area contributed by atoms with E-state index in [0.29, 0.717) is 6.54 Å². The lowest BCUT2D eigenvalue weighted by Gasteiger charge is -1.99. The molecule has 0 radical (unpaired) electrons. The first kappa shape index (κ1) is 9.84. The van der Waals surface area contributed by atoms with E-state index < -0.39 is 0 Å². The van der Waals surface area contributed by atoms with Crippen LogP contribution in [0.1, 0.15) is 5.56 Å². The molecule has 3 rings (SSSR count). The standard InChI is InChI=1S/C13H11N3O/c1-3-11(7-14-5-1)9-16-10-12(8-15-16)13-4-2-6-17-13/h1-8,10H,9H2. The third kappa shape index (κ3) is 2.10. The van der Waals surface area contributed by atoms with E-state index >= 15 is 0 Å². The predicted molar refractivity (Wildman–Crippen MR) is 63.3 cm³/mol. The third-order valence-corrected chi connectivity index (χ3v) is 2.51. The summed E-state index contributed by atoms with van der Waals surface area (Å²) in [4.78, 5) is 4.08. The molecule has 0 amide bonds. The van der Waals surface area contributed by atoms with Crippen LogP contribution in [0.15, 0.2) is 59.7 Å². The van der Waals surface area contributed by atoms with Crippen LogP contribution in [0.5, 0.6) is 0 Å². The molecule has 3 aromatic rings. The fourth-order valence-corrected chi connectivity index (χ4v) is 1.70. The number of aromatic nitrogens is 3. The topological polar surface area (TPSA) is 43.9 Å². The molecule has 0 bridgehead atoms. The van der Waals surface area contributed by atoms with Crippen LogP contribution in [0.2, 0.25) is 0 Å². The fraction of sp³-hybridized carbons (Fsp3) is 0.0769. The summed E-state index contributed by atoms with van der Waals surface area (Å²) in [5.74, 6) is 0.836. The minimum Gasteiger partial charge on any atom is -0.464 e. The number of furan rings is 1. The Morgan fingerprint density at radius 1 is 1.18 bits per heavy atom. The molecule has 0 unspecified atom stereocenters. The Kier molecular flexibility index (Phi) is 2.46. The largest absolute Gasteiger partial charge is 0.464 e. The van der Waals surface area contributed by atoms with Gasteiger partial charge in [0.25, 0.3) is 0 Å². The van der Waals surface area contributed by atoms with Crippen molar-refractivity contribution in [2.45, 2.75) is 6.54 Å². The van der Waals surface area contributed by atoms with Gasteiger partial charge in [0, 0.05) is 18.6 Å². The maximum Gasteiger partial charge on any atom is 0.137 e. The van der Waals surface area contributed by atoms with Crippen LogP contribution in [-0.4, -0.2) is 14.8 Å². The average molecular weight is 225 g/mol. The van der Waals surface area contributed by atoms with Crippen LogP contribution in [0.3, 0.4) is 0 Å². The van der Waals surface area contributed by atoms with Crippen molar-refractivity contribution in [3.8, 4) is 11.3 Å². The molecule has 0 spiro atoms. The van der Waals surface area contributed by atoms with Gasteiger partial charge < -0.3 is 4.42 Å². The van der Waals surface area contributed by atoms with E-state index in [9.17, 15) is 0 Å². The molecule has 0 aliphatic carbocycles. The number of hydrogen-bond acceptors (Lipinski definition) is 3. The quantitative estimate of drug-likeness (QED) is 0.688. The fourth-order valence-electron chi connectivity index (χ4n) is 1.70. The third-order valence-electron chi connectivity index (χ3n) is 2.51. The normalized spacial score (nSPS) is 10.6. The number of rotatable bonds is 3. The van der Waals surface area contributed by atoms with E-state index in [-0.39, 0.29) is 0 Å². The zero-order chi connectivity index (χ0) is 11.5. The molecule has 0 fully saturated rings. The van der Waals surface area contributed by atoms with Gasteiger partial charge in [0.2, 0.25) is 0 Å². The highest BCUT2D eigenvalue weighted by Gasteiger charge is 2.04. The molecule has 17 heavy (non-hydrogen) atoms. The lowest BCUT2D eigenvalue weighted by Crippen LogP contribution is -1.99. The van der Waals surface area contributed by atoms with Gasteiger partial charge >= 0.3 is 0 Å². The van der Waals surface area contributed by atoms with Crippen molar-refractivity contribution < 1.29 is 4.42 Å². The molecule has 3 aromatic heterocycles. The van der Waals surface area contributed by atoms with Gasteiger partial charge in [-0.3, -0.25) is 9.67 Å². The van der Waals surface area contributed by atoms with Crippen LogP contribution in [-0.2, 0) is 6.54 Å². The molecule has 0 saturated heterocycles. The van der Waals surface area contributed by atoms with Crippen molar-refractivity contribution in [1.29, 1.82) is 0 Å². The lowest BCUT2D eigenvalue weighted by atomic mass is 10.3. The Morgan fingerprint density at radius 3 is 2.94 bits per heavy atom. The maximum atomic E-state index is 5.32. The monoisotopic (exact) mass is 225 g/mol. The van der Waals surface area contributed by atoms with Crippen molar-refractivity contribution in [2.24, 2.45) is 0 Å². The molecule has 0 aromatic carbocycles. The van der Waals surface area contributed by atoms with Gasteiger partial charge in [0.1, 0.15) is 5.76 Å². The van der Waals surface area contributed by atoms with Gasteiger partial charge in [0.05, 0.1) is 24.6 Å². The molecule has 3 heterocycles. The van der Waals surface area contributed by atoms with Crippen LogP contribution < -0.4 is 0 Å². The zero-order valence-corrected chi connectivity index (χ0v) is 9.15. The summed E-state index contributed by atoms with van der Waals surface area (Å²) >= 11 is 0. The zero-order valence-electron chi connectivity index (χ0n) is 9.15. The summed E-state index contributed by atoms with van der Waals surface area (Å²) in [7, 11) is 0. The molecule has 4 heteroatoms. The van der Waals surface area contributed by atoms with Crippen molar-refractivity contribution in [3.63, 3.8) is 0 Å². The van der Waals surface area contributed by atoms with E-state index in [1.54, 1.807) is 18.7 Å². The Balaban J connectivity index is 1.82. The highest BCUT2D eigenvalue weighted by atomic mass is 16.3. The van der Waals surface area contributed by atoms with E-state index in [4.69, 9.17) is 4.42 Å². The molecule has 0 saturated carbocycles. The summed E-state index contributed by atoms with van der Waals surface area (Å²) in [6, 6.07) is 7.74. The first-order chi connectivity index (χ1) is 8.42. The van der Waals surface area contributed by atoms with Crippen LogP contribution in [0.4, 0.5) is 0 Å². The summed E-state index contributed by atoms with van der Waals surface area (Å²) < 4.78 is 7.19. The highest BCUT2D eigenvalue weighted by molar-refractivity contribution is 5.54. The van der Waals surface area contributed by atoms with E-state index in [2.05, 4.69) is 10.1 Å². The second-order valence-corrected chi connectivity index (χ2v) is 3.77. The minimum absolute atomic E-state index is 0.717. The molecular formula is C13H11N3O. The Bertz CT molecular complexity index is 584. The highest BCUT2D eigenvalue weighted by Crippen LogP contribution is 2.18. The van der Waals surface area contributed by atoms with Crippen LogP contribution >= 0.6 is 0 Å². The van der Waals surface area contributed by atoms with Gasteiger partial charge in [-0.15, -0.1) is 0 Å². The van der Waals surface area contributed by atoms with Gasteiger partial charge in [-0.25, -0.2) is 0 Å². The summed E-state index contributed by atoms with van der Waals surface area (Å²) in [5.41, 5.74) is 2.11. The van der Waals surface area contributed by atoms with Gasteiger partial charge in [-0.2, -0.15) is 5.10 Å². The van der Waals surface area contributed by atoms with E-state index in [0.717, 1.165) is 16.9 Å². The second kappa shape index (κ2) is 4.25. The van der Waals surface area contributed by atoms with Crippen molar-refractivity contribution in [3.05, 3.63) is 60.9 Å². The van der Waals surface area contributed by atoms with Crippen LogP contribution in [0.25, 0.3) is 11.3 Å². The van der Waals surface area contributed by atoms with E-state index in [1.165, 1.54) is 0 Å². The summed E-state index contributed by atoms with van der Waals surface area (Å²) in [5, 5.41) is 4.30. The summed E-state index contributed by atoms with van der Waals surface area (Å²) in [6.45, 7) is 0.717. The Hall–Kier alpha value is -2.36. The first-order valence-electron chi connectivity index (χ1n) is 5.37. The Labute approximate surface area is 98.5 Å². The molecule has 0 aliphatic heterocycles. The lowest BCUT2D eigenvalue weighted by molar-refractivity contribution is 0.582. The number of hydrogen-bond donors (Lipinski definition) is 0. The van der Waals surface area contributed by atoms with Gasteiger partial charge in [-0.1, -0.05) is 6.07 Å². The first-order valence-corrected chi connectivity index (χ1v) is 5.37. The van der Waals surface area contributed by atoms with Crippen molar-refractivity contribution >= 4 is 0 Å². The molecule has 0 N–H and O–H groups in total. The van der Waals surface area contributed by atoms with Gasteiger partial charge in [-0.05, 0) is 23.8 Å². The molecule has 84 valence electrons. The smallest absolute Gasteiger partial charge is 0.137 e. The minimum atomic E-state index is 0.717. The van der Waals surface area contributed by atoms with Crippen molar-refractivity contribution in [2.75, 3.05) is 0 Å². The van der Waals surface area contributed by atoms with Crippen LogP contribution in [0, 0.1) is 0 Å². The average Bonchev–Trinajstić information content (AvgIpc) is 3.00. The molecule has 0 atom stereocenters. The summed E-state index contributed by atoms with van der Waals surface area (Å²) in [6.07, 6.45) is 9.03. The van der Waals surface area contributed by atoms with E-state index in [1.807, 2.05) is 41.3 Å². The maximum absolute atomic E-state index is 5.32. The van der Waals surface area contributed by atoms with Crippen molar-refractivity contribution in [1.82, 2.24) is 14.8 Å². The molecule has 0 aliphatic rings. The SMILES string of the molecule is c1cncc(Cn2cc(-c3ccco3)cn2)c1. The van der Waals surface area contributed by atoms with Gasteiger partial charge in [0.15, 0.2) is 0 Å². The molecule has 4 nitrogen and oxygen atoms in total. The second-order valence-electron chi connectivity index (χ2n) is 3.77. The Morgan fingerprint density at radius 2 is 2.18 bits per heavy atom. The number of nitrogens with zero attached hydrogens (tertiary/aromatic N) is 3.